The van der Waals surface area contributed by atoms with Crippen LogP contribution in [0.3, 0.4) is 0 Å². The maximum atomic E-state index is 13.2. The van der Waals surface area contributed by atoms with Crippen molar-refractivity contribution in [2.24, 2.45) is 0 Å². The summed E-state index contributed by atoms with van der Waals surface area (Å²) in [5, 5.41) is 13.7. The average Bonchev–Trinajstić information content (AvgIpc) is 3.41. The van der Waals surface area contributed by atoms with Crippen molar-refractivity contribution >= 4 is 29.1 Å². The molecule has 4 rings (SSSR count). The fourth-order valence-electron chi connectivity index (χ4n) is 3.82. The number of fused-ring (bicyclic) bond motifs is 1. The summed E-state index contributed by atoms with van der Waals surface area (Å²) in [6.45, 7) is 7.25. The van der Waals surface area contributed by atoms with Crippen molar-refractivity contribution < 1.29 is 14.4 Å². The highest BCUT2D eigenvalue weighted by Crippen LogP contribution is 2.34. The molecule has 10 heteroatoms. The Bertz CT molecular complexity index is 1120. The predicted molar refractivity (Wildman–Crippen MR) is 125 cm³/mol. The van der Waals surface area contributed by atoms with Gasteiger partial charge in [0.25, 0.3) is 0 Å². The number of aromatic amines is 1. The van der Waals surface area contributed by atoms with Crippen LogP contribution in [-0.4, -0.2) is 49.2 Å². The van der Waals surface area contributed by atoms with E-state index in [4.69, 9.17) is 16.1 Å². The maximum absolute atomic E-state index is 13.2. The molecule has 2 aromatic heterocycles. The van der Waals surface area contributed by atoms with Gasteiger partial charge in [0.05, 0.1) is 5.70 Å². The average molecular weight is 471 g/mol. The highest BCUT2D eigenvalue weighted by atomic mass is 35.5. The van der Waals surface area contributed by atoms with Gasteiger partial charge in [0.1, 0.15) is 11.4 Å². The minimum absolute atomic E-state index is 0.148. The third-order valence-electron chi connectivity index (χ3n) is 5.55. The number of nitrogens with zero attached hydrogens (tertiary/aromatic N) is 5. The first-order valence-electron chi connectivity index (χ1n) is 11.1. The number of halogens is 1. The van der Waals surface area contributed by atoms with E-state index in [9.17, 15) is 9.90 Å². The Balaban J connectivity index is 1.37. The monoisotopic (exact) mass is 470 g/mol. The fourth-order valence-corrected chi connectivity index (χ4v) is 3.99. The van der Waals surface area contributed by atoms with E-state index in [0.29, 0.717) is 61.3 Å². The second-order valence-electron chi connectivity index (χ2n) is 8.02. The molecule has 9 nitrogen and oxygen atoms in total. The van der Waals surface area contributed by atoms with Crippen LogP contribution in [0.5, 0.6) is 5.75 Å². The number of unbranched alkanes of at least 4 members (excludes halogenated alkanes) is 2. The number of phenols is 1. The molecule has 3 heterocycles. The van der Waals surface area contributed by atoms with Crippen LogP contribution in [0.1, 0.15) is 55.6 Å². The molecule has 0 atom stereocenters. The summed E-state index contributed by atoms with van der Waals surface area (Å²) in [7, 11) is 0. The van der Waals surface area contributed by atoms with Gasteiger partial charge < -0.3 is 14.6 Å². The molecule has 1 aromatic carbocycles. The van der Waals surface area contributed by atoms with Gasteiger partial charge in [-0.3, -0.25) is 9.80 Å². The minimum atomic E-state index is -0.148. The number of hydrogen-bond acceptors (Lipinski definition) is 6. The molecule has 3 aromatic rings. The van der Waals surface area contributed by atoms with Gasteiger partial charge in [-0.05, 0) is 42.1 Å². The van der Waals surface area contributed by atoms with E-state index in [-0.39, 0.29) is 17.1 Å². The van der Waals surface area contributed by atoms with Gasteiger partial charge in [0.15, 0.2) is 11.6 Å². The first-order valence-corrected chi connectivity index (χ1v) is 11.5. The molecule has 0 fully saturated rings. The number of aromatic hydroxyl groups is 1. The number of hydrogen-bond donors (Lipinski definition) is 2. The summed E-state index contributed by atoms with van der Waals surface area (Å²) in [5.74, 6) is 1.85. The Hall–Kier alpha value is -3.33. The summed E-state index contributed by atoms with van der Waals surface area (Å²) in [5.41, 5.74) is 2.21. The van der Waals surface area contributed by atoms with E-state index in [1.807, 2.05) is 12.1 Å². The SMILES string of the molecule is C=C1c2[nH]c(Cl)nc2N(CCCCC)C(=O)N1CCCc1nc(Cc2ccc(O)cc2)no1. The zero-order valence-corrected chi connectivity index (χ0v) is 19.3. The van der Waals surface area contributed by atoms with E-state index < -0.39 is 0 Å². The fraction of sp³-hybridized carbons (Fsp3) is 0.391. The number of benzene rings is 1. The lowest BCUT2D eigenvalue weighted by Gasteiger charge is -2.35. The lowest BCUT2D eigenvalue weighted by molar-refractivity contribution is 0.221. The number of carbonyl (C=O) groups is 1. The van der Waals surface area contributed by atoms with Gasteiger partial charge in [0, 0.05) is 25.9 Å². The predicted octanol–water partition coefficient (Wildman–Crippen LogP) is 4.78. The largest absolute Gasteiger partial charge is 0.508 e. The summed E-state index contributed by atoms with van der Waals surface area (Å²) < 4.78 is 5.37. The van der Waals surface area contributed by atoms with Gasteiger partial charge in [-0.2, -0.15) is 9.97 Å². The van der Waals surface area contributed by atoms with Crippen LogP contribution in [0.15, 0.2) is 35.4 Å². The number of anilines is 1. The molecule has 0 radical (unpaired) electrons. The molecule has 0 spiro atoms. The van der Waals surface area contributed by atoms with Crippen LogP contribution in [0.25, 0.3) is 5.70 Å². The summed E-state index contributed by atoms with van der Waals surface area (Å²) >= 11 is 6.09. The molecule has 1 aliphatic rings. The second kappa shape index (κ2) is 10.1. The normalized spacial score (nSPS) is 13.6. The smallest absolute Gasteiger partial charge is 0.330 e. The molecule has 2 amide bonds. The molecule has 0 unspecified atom stereocenters. The number of amides is 2. The Morgan fingerprint density at radius 1 is 1.12 bits per heavy atom. The quantitative estimate of drug-likeness (QED) is 0.412. The number of H-pyrrole nitrogens is 1. The van der Waals surface area contributed by atoms with Crippen LogP contribution >= 0.6 is 11.6 Å². The first-order chi connectivity index (χ1) is 16.0. The molecule has 1 aliphatic heterocycles. The van der Waals surface area contributed by atoms with Crippen molar-refractivity contribution in [2.75, 3.05) is 18.0 Å². The van der Waals surface area contributed by atoms with Gasteiger partial charge in [-0.25, -0.2) is 4.79 Å². The van der Waals surface area contributed by atoms with E-state index in [0.717, 1.165) is 24.8 Å². The zero-order valence-electron chi connectivity index (χ0n) is 18.6. The number of aromatic nitrogens is 4. The van der Waals surface area contributed by atoms with Gasteiger partial charge in [-0.15, -0.1) is 0 Å². The summed E-state index contributed by atoms with van der Waals surface area (Å²) in [6, 6.07) is 6.75. The van der Waals surface area contributed by atoms with Crippen molar-refractivity contribution in [1.82, 2.24) is 25.0 Å². The van der Waals surface area contributed by atoms with Gasteiger partial charge >= 0.3 is 6.03 Å². The lowest BCUT2D eigenvalue weighted by Crippen LogP contribution is -2.47. The van der Waals surface area contributed by atoms with E-state index in [1.54, 1.807) is 21.9 Å². The van der Waals surface area contributed by atoms with Crippen LogP contribution in [-0.2, 0) is 12.8 Å². The standard InChI is InChI=1S/C23H27ClN6O3/c1-3-4-5-12-30-21-20(26-22(24)27-21)15(2)29(23(30)32)13-6-7-19-25-18(28-33-19)14-16-8-10-17(31)11-9-16/h8-11,31H,2-7,12-14H2,1H3,(H,26,27). The van der Waals surface area contributed by atoms with Gasteiger partial charge in [-0.1, -0.05) is 43.6 Å². The molecule has 33 heavy (non-hydrogen) atoms. The van der Waals surface area contributed by atoms with Crippen molar-refractivity contribution in [3.05, 3.63) is 59.1 Å². The number of aryl methyl sites for hydroxylation is 1. The second-order valence-corrected chi connectivity index (χ2v) is 8.38. The van der Waals surface area contributed by atoms with Crippen molar-refractivity contribution in [1.29, 1.82) is 0 Å². The number of phenolic OH excluding ortho intramolecular Hbond substituents is 1. The molecule has 0 aliphatic carbocycles. The minimum Gasteiger partial charge on any atom is -0.508 e. The highest BCUT2D eigenvalue weighted by molar-refractivity contribution is 6.28. The zero-order chi connectivity index (χ0) is 23.4. The van der Waals surface area contributed by atoms with E-state index >= 15 is 0 Å². The number of imidazole rings is 1. The Kier molecular flexibility index (Phi) is 6.98. The molecule has 0 saturated carbocycles. The van der Waals surface area contributed by atoms with Crippen molar-refractivity contribution in [2.45, 2.75) is 45.4 Å². The number of rotatable bonds is 10. The Labute approximate surface area is 197 Å². The third kappa shape index (κ3) is 5.19. The van der Waals surface area contributed by atoms with Crippen molar-refractivity contribution in [3.8, 4) is 5.75 Å². The van der Waals surface area contributed by atoms with E-state index in [1.165, 1.54) is 0 Å². The Morgan fingerprint density at radius 3 is 2.64 bits per heavy atom. The van der Waals surface area contributed by atoms with Crippen LogP contribution < -0.4 is 4.90 Å². The molecular formula is C23H27ClN6O3. The molecule has 2 N–H and O–H groups in total. The summed E-state index contributed by atoms with van der Waals surface area (Å²) in [6.07, 6.45) is 4.66. The van der Waals surface area contributed by atoms with Gasteiger partial charge in [0.2, 0.25) is 11.2 Å². The maximum Gasteiger partial charge on any atom is 0.330 e. The molecule has 174 valence electrons. The van der Waals surface area contributed by atoms with E-state index in [2.05, 4.69) is 33.6 Å². The number of carbonyl (C=O) groups excluding carboxylic acids is 1. The number of urea groups is 1. The molecule has 0 saturated heterocycles. The molecule has 0 bridgehead atoms. The lowest BCUT2D eigenvalue weighted by atomic mass is 10.1. The highest BCUT2D eigenvalue weighted by Gasteiger charge is 2.35. The summed E-state index contributed by atoms with van der Waals surface area (Å²) in [4.78, 5) is 28.3. The topological polar surface area (TPSA) is 111 Å². The number of nitrogens with one attached hydrogen (secondary N) is 1. The molecular weight excluding hydrogens is 444 g/mol. The third-order valence-corrected chi connectivity index (χ3v) is 5.73. The Morgan fingerprint density at radius 2 is 1.88 bits per heavy atom. The van der Waals surface area contributed by atoms with Crippen LogP contribution in [0, 0.1) is 0 Å². The first kappa shape index (κ1) is 22.8. The van der Waals surface area contributed by atoms with Crippen molar-refractivity contribution in [3.63, 3.8) is 0 Å². The van der Waals surface area contributed by atoms with Crippen LogP contribution in [0.2, 0.25) is 5.28 Å². The van der Waals surface area contributed by atoms with Crippen LogP contribution in [0.4, 0.5) is 10.6 Å².